The highest BCUT2D eigenvalue weighted by molar-refractivity contribution is 5.82. The van der Waals surface area contributed by atoms with Crippen LogP contribution in [0.5, 0.6) is 0 Å². The molecule has 0 saturated heterocycles. The van der Waals surface area contributed by atoms with E-state index in [4.69, 9.17) is 0 Å². The average Bonchev–Trinajstić information content (AvgIpc) is 2.14. The van der Waals surface area contributed by atoms with Gasteiger partial charge < -0.3 is 4.90 Å². The summed E-state index contributed by atoms with van der Waals surface area (Å²) in [6, 6.07) is 0. The van der Waals surface area contributed by atoms with Crippen molar-refractivity contribution in [2.45, 2.75) is 27.2 Å². The van der Waals surface area contributed by atoms with Crippen molar-refractivity contribution in [1.29, 1.82) is 0 Å². The molecule has 0 N–H and O–H groups in total. The number of ketones is 1. The summed E-state index contributed by atoms with van der Waals surface area (Å²) in [5, 5.41) is 0. The predicted octanol–water partition coefficient (Wildman–Crippen LogP) is 1.49. The maximum atomic E-state index is 11.6. The van der Waals surface area contributed by atoms with Crippen LogP contribution in [0.25, 0.3) is 0 Å². The average molecular weight is 214 g/mol. The minimum absolute atomic E-state index is 0.156. The predicted molar refractivity (Wildman–Crippen MR) is 65.1 cm³/mol. The zero-order chi connectivity index (χ0) is 11.8. The SMILES string of the molecule is CCCN(CCN(C)C)CC(=O)C(C)C. The van der Waals surface area contributed by atoms with Gasteiger partial charge in [0.25, 0.3) is 0 Å². The van der Waals surface area contributed by atoms with Crippen LogP contribution in [-0.2, 0) is 4.79 Å². The first kappa shape index (κ1) is 14.6. The van der Waals surface area contributed by atoms with Gasteiger partial charge >= 0.3 is 0 Å². The molecule has 3 heteroatoms. The van der Waals surface area contributed by atoms with Gasteiger partial charge in [0.1, 0.15) is 5.78 Å². The van der Waals surface area contributed by atoms with E-state index >= 15 is 0 Å². The van der Waals surface area contributed by atoms with E-state index in [1.807, 2.05) is 13.8 Å². The number of nitrogens with zero attached hydrogens (tertiary/aromatic N) is 2. The Morgan fingerprint density at radius 2 is 1.73 bits per heavy atom. The molecule has 0 rings (SSSR count). The van der Waals surface area contributed by atoms with Crippen molar-refractivity contribution >= 4 is 5.78 Å². The molecule has 0 unspecified atom stereocenters. The molecule has 0 aliphatic heterocycles. The Morgan fingerprint density at radius 3 is 2.13 bits per heavy atom. The molecule has 0 aliphatic carbocycles. The lowest BCUT2D eigenvalue weighted by Gasteiger charge is -2.23. The van der Waals surface area contributed by atoms with Gasteiger partial charge in [-0.1, -0.05) is 20.8 Å². The zero-order valence-electron chi connectivity index (χ0n) is 10.9. The summed E-state index contributed by atoms with van der Waals surface area (Å²) in [5.41, 5.74) is 0. The van der Waals surface area contributed by atoms with Gasteiger partial charge in [0.15, 0.2) is 0 Å². The van der Waals surface area contributed by atoms with Crippen molar-refractivity contribution in [3.05, 3.63) is 0 Å². The standard InChI is InChI=1S/C12H26N2O/c1-6-7-14(9-8-13(4)5)10-12(15)11(2)3/h11H,6-10H2,1-5H3. The van der Waals surface area contributed by atoms with E-state index < -0.39 is 0 Å². The Labute approximate surface area is 94.4 Å². The van der Waals surface area contributed by atoms with Gasteiger partial charge in [-0.25, -0.2) is 0 Å². The topological polar surface area (TPSA) is 23.6 Å². The minimum atomic E-state index is 0.156. The van der Waals surface area contributed by atoms with Gasteiger partial charge in [0.05, 0.1) is 6.54 Å². The first-order chi connectivity index (χ1) is 6.97. The summed E-state index contributed by atoms with van der Waals surface area (Å²) < 4.78 is 0. The highest BCUT2D eigenvalue weighted by Gasteiger charge is 2.12. The third kappa shape index (κ3) is 7.51. The van der Waals surface area contributed by atoms with Crippen molar-refractivity contribution < 1.29 is 4.79 Å². The molecule has 0 saturated carbocycles. The molecule has 0 atom stereocenters. The molecule has 0 aromatic heterocycles. The molecule has 0 radical (unpaired) electrons. The Balaban J connectivity index is 3.97. The lowest BCUT2D eigenvalue weighted by atomic mass is 10.1. The second-order valence-corrected chi connectivity index (χ2v) is 4.70. The smallest absolute Gasteiger partial charge is 0.149 e. The van der Waals surface area contributed by atoms with E-state index in [2.05, 4.69) is 30.8 Å². The molecule has 0 heterocycles. The third-order valence-corrected chi connectivity index (χ3v) is 2.43. The van der Waals surface area contributed by atoms with Crippen molar-refractivity contribution in [2.75, 3.05) is 40.3 Å². The van der Waals surface area contributed by atoms with Crippen molar-refractivity contribution in [3.8, 4) is 0 Å². The van der Waals surface area contributed by atoms with Crippen LogP contribution in [0.1, 0.15) is 27.2 Å². The van der Waals surface area contributed by atoms with E-state index in [-0.39, 0.29) is 5.92 Å². The fourth-order valence-corrected chi connectivity index (χ4v) is 1.33. The number of carbonyl (C=O) groups is 1. The largest absolute Gasteiger partial charge is 0.308 e. The van der Waals surface area contributed by atoms with Gasteiger partial charge in [0.2, 0.25) is 0 Å². The summed E-state index contributed by atoms with van der Waals surface area (Å²) in [6.07, 6.45) is 1.11. The molecular formula is C12H26N2O. The van der Waals surface area contributed by atoms with Crippen molar-refractivity contribution in [3.63, 3.8) is 0 Å². The lowest BCUT2D eigenvalue weighted by molar-refractivity contribution is -0.123. The van der Waals surface area contributed by atoms with Crippen LogP contribution in [-0.4, -0.2) is 55.9 Å². The first-order valence-corrected chi connectivity index (χ1v) is 5.87. The fourth-order valence-electron chi connectivity index (χ4n) is 1.33. The molecule has 0 bridgehead atoms. The van der Waals surface area contributed by atoms with Crippen LogP contribution >= 0.6 is 0 Å². The highest BCUT2D eigenvalue weighted by atomic mass is 16.1. The zero-order valence-corrected chi connectivity index (χ0v) is 10.9. The van der Waals surface area contributed by atoms with Gasteiger partial charge in [0, 0.05) is 19.0 Å². The summed E-state index contributed by atoms with van der Waals surface area (Å²) in [5.74, 6) is 0.505. The number of carbonyl (C=O) groups excluding carboxylic acids is 1. The van der Waals surface area contributed by atoms with Gasteiger partial charge in [-0.2, -0.15) is 0 Å². The normalized spacial score (nSPS) is 11.7. The molecule has 3 nitrogen and oxygen atoms in total. The summed E-state index contributed by atoms with van der Waals surface area (Å²) in [6.45, 7) is 9.73. The van der Waals surface area contributed by atoms with Crippen molar-refractivity contribution in [2.24, 2.45) is 5.92 Å². The quantitative estimate of drug-likeness (QED) is 0.611. The Kier molecular flexibility index (Phi) is 7.61. The third-order valence-electron chi connectivity index (χ3n) is 2.43. The van der Waals surface area contributed by atoms with Gasteiger partial charge in [-0.05, 0) is 27.1 Å². The number of Topliss-reactive ketones (excluding diaryl/α,β-unsaturated/α-hetero) is 1. The summed E-state index contributed by atoms with van der Waals surface area (Å²) >= 11 is 0. The Morgan fingerprint density at radius 1 is 1.13 bits per heavy atom. The van der Waals surface area contributed by atoms with E-state index in [9.17, 15) is 4.79 Å². The molecule has 90 valence electrons. The van der Waals surface area contributed by atoms with Crippen LogP contribution in [0.4, 0.5) is 0 Å². The van der Waals surface area contributed by atoms with Crippen LogP contribution in [0.15, 0.2) is 0 Å². The Hall–Kier alpha value is -0.410. The first-order valence-electron chi connectivity index (χ1n) is 5.87. The maximum absolute atomic E-state index is 11.6. The monoisotopic (exact) mass is 214 g/mol. The van der Waals surface area contributed by atoms with Crippen molar-refractivity contribution in [1.82, 2.24) is 9.80 Å². The number of likely N-dealkylation sites (N-methyl/N-ethyl adjacent to an activating group) is 1. The number of hydrogen-bond donors (Lipinski definition) is 0. The number of rotatable bonds is 8. The lowest BCUT2D eigenvalue weighted by Crippen LogP contribution is -2.37. The van der Waals surface area contributed by atoms with Crippen LogP contribution in [0, 0.1) is 5.92 Å². The minimum Gasteiger partial charge on any atom is -0.308 e. The second-order valence-electron chi connectivity index (χ2n) is 4.70. The second kappa shape index (κ2) is 7.83. The molecule has 0 aliphatic rings. The Bertz CT molecular complexity index is 178. The molecule has 0 fully saturated rings. The van der Waals surface area contributed by atoms with Crippen LogP contribution < -0.4 is 0 Å². The molecule has 0 amide bonds. The van der Waals surface area contributed by atoms with E-state index in [0.717, 1.165) is 26.1 Å². The molecule has 0 spiro atoms. The molecule has 0 aromatic rings. The number of hydrogen-bond acceptors (Lipinski definition) is 3. The van der Waals surface area contributed by atoms with Crippen LogP contribution in [0.3, 0.4) is 0 Å². The summed E-state index contributed by atoms with van der Waals surface area (Å²) in [4.78, 5) is 16.0. The molecular weight excluding hydrogens is 188 g/mol. The van der Waals surface area contributed by atoms with Gasteiger partial charge in [-0.15, -0.1) is 0 Å². The van der Waals surface area contributed by atoms with Crippen LogP contribution in [0.2, 0.25) is 0 Å². The van der Waals surface area contributed by atoms with E-state index in [0.29, 0.717) is 12.3 Å². The highest BCUT2D eigenvalue weighted by Crippen LogP contribution is 1.99. The summed E-state index contributed by atoms with van der Waals surface area (Å²) in [7, 11) is 4.13. The fraction of sp³-hybridized carbons (Fsp3) is 0.917. The maximum Gasteiger partial charge on any atom is 0.149 e. The molecule has 0 aromatic carbocycles. The molecule has 15 heavy (non-hydrogen) atoms. The van der Waals surface area contributed by atoms with E-state index in [1.165, 1.54) is 0 Å². The van der Waals surface area contributed by atoms with Gasteiger partial charge in [-0.3, -0.25) is 9.69 Å². The van der Waals surface area contributed by atoms with E-state index in [1.54, 1.807) is 0 Å².